The van der Waals surface area contributed by atoms with E-state index < -0.39 is 0 Å². The fourth-order valence-electron chi connectivity index (χ4n) is 2.16. The minimum atomic E-state index is -0.140. The number of nitrogens with zero attached hydrogens (tertiary/aromatic N) is 4. The third-order valence-corrected chi connectivity index (χ3v) is 3.19. The molecule has 1 saturated heterocycles. The van der Waals surface area contributed by atoms with Gasteiger partial charge in [-0.25, -0.2) is 4.98 Å². The highest BCUT2D eigenvalue weighted by molar-refractivity contribution is 5.92. The molecule has 1 aromatic rings. The molecule has 2 heterocycles. The minimum Gasteiger partial charge on any atom is -0.375 e. The zero-order valence-electron chi connectivity index (χ0n) is 11.5. The molecule has 1 aliphatic heterocycles. The molecule has 1 aromatic heterocycles. The van der Waals surface area contributed by atoms with Crippen molar-refractivity contribution in [3.05, 3.63) is 24.3 Å². The molecule has 2 amide bonds. The van der Waals surface area contributed by atoms with Crippen molar-refractivity contribution >= 4 is 11.8 Å². The van der Waals surface area contributed by atoms with Crippen LogP contribution in [0.4, 0.5) is 0 Å². The van der Waals surface area contributed by atoms with Crippen molar-refractivity contribution in [3.8, 4) is 0 Å². The Kier molecular flexibility index (Phi) is 5.00. The topological polar surface area (TPSA) is 75.6 Å². The van der Waals surface area contributed by atoms with Gasteiger partial charge in [0.25, 0.3) is 5.91 Å². The Bertz CT molecular complexity index is 466. The third-order valence-electron chi connectivity index (χ3n) is 3.19. The Balaban J connectivity index is 1.96. The van der Waals surface area contributed by atoms with E-state index in [-0.39, 0.29) is 18.4 Å². The number of aromatic nitrogens is 2. The van der Waals surface area contributed by atoms with Crippen LogP contribution < -0.4 is 0 Å². The number of ether oxygens (including phenoxy) is 1. The van der Waals surface area contributed by atoms with E-state index in [1.807, 2.05) is 0 Å². The van der Waals surface area contributed by atoms with Crippen molar-refractivity contribution in [3.63, 3.8) is 0 Å². The summed E-state index contributed by atoms with van der Waals surface area (Å²) >= 11 is 0. The normalized spacial score (nSPS) is 15.8. The maximum Gasteiger partial charge on any atom is 0.274 e. The lowest BCUT2D eigenvalue weighted by Gasteiger charge is -2.21. The number of rotatable bonds is 3. The molecule has 0 bridgehead atoms. The molecule has 1 aliphatic rings. The number of hydrogen-bond donors (Lipinski definition) is 0. The van der Waals surface area contributed by atoms with Gasteiger partial charge in [0, 0.05) is 45.7 Å². The zero-order valence-corrected chi connectivity index (χ0v) is 11.5. The first-order valence-electron chi connectivity index (χ1n) is 6.54. The van der Waals surface area contributed by atoms with E-state index in [1.165, 1.54) is 25.7 Å². The molecule has 0 aromatic carbocycles. The fraction of sp³-hybridized carbons (Fsp3) is 0.538. The van der Waals surface area contributed by atoms with Crippen LogP contribution >= 0.6 is 0 Å². The van der Waals surface area contributed by atoms with E-state index in [4.69, 9.17) is 4.74 Å². The molecule has 0 spiro atoms. The van der Waals surface area contributed by atoms with Gasteiger partial charge in [-0.3, -0.25) is 14.6 Å². The Morgan fingerprint density at radius 2 is 1.95 bits per heavy atom. The maximum atomic E-state index is 12.3. The predicted octanol–water partition coefficient (Wildman–Crippen LogP) is -0.202. The lowest BCUT2D eigenvalue weighted by atomic mass is 10.3. The molecule has 0 atom stereocenters. The van der Waals surface area contributed by atoms with Crippen molar-refractivity contribution in [2.24, 2.45) is 0 Å². The fourth-order valence-corrected chi connectivity index (χ4v) is 2.16. The van der Waals surface area contributed by atoms with Gasteiger partial charge in [-0.05, 0) is 6.42 Å². The van der Waals surface area contributed by atoms with Crippen LogP contribution in [0.3, 0.4) is 0 Å². The summed E-state index contributed by atoms with van der Waals surface area (Å²) < 4.78 is 4.85. The Morgan fingerprint density at radius 1 is 1.20 bits per heavy atom. The maximum absolute atomic E-state index is 12.3. The number of hydrogen-bond acceptors (Lipinski definition) is 5. The van der Waals surface area contributed by atoms with Gasteiger partial charge in [0.15, 0.2) is 0 Å². The molecule has 2 rings (SSSR count). The summed E-state index contributed by atoms with van der Waals surface area (Å²) in [5.74, 6) is -0.180. The van der Waals surface area contributed by atoms with Crippen molar-refractivity contribution in [2.75, 3.05) is 39.9 Å². The molecule has 7 heteroatoms. The average Bonchev–Trinajstić information content (AvgIpc) is 2.73. The summed E-state index contributed by atoms with van der Waals surface area (Å²) in [6.45, 7) is 2.37. The summed E-state index contributed by atoms with van der Waals surface area (Å²) in [5, 5.41) is 0. The van der Waals surface area contributed by atoms with Gasteiger partial charge in [0.1, 0.15) is 12.3 Å². The monoisotopic (exact) mass is 278 g/mol. The molecule has 0 unspecified atom stereocenters. The van der Waals surface area contributed by atoms with Crippen molar-refractivity contribution in [1.82, 2.24) is 19.8 Å². The second-order valence-corrected chi connectivity index (χ2v) is 4.55. The molecule has 0 N–H and O–H groups in total. The zero-order chi connectivity index (χ0) is 14.4. The SMILES string of the molecule is COCC(=O)N1CCCN(C(=O)c2cnccn2)CC1. The van der Waals surface area contributed by atoms with Crippen molar-refractivity contribution in [1.29, 1.82) is 0 Å². The highest BCUT2D eigenvalue weighted by Crippen LogP contribution is 2.07. The Labute approximate surface area is 117 Å². The highest BCUT2D eigenvalue weighted by Gasteiger charge is 2.23. The van der Waals surface area contributed by atoms with Gasteiger partial charge in [0.05, 0.1) is 6.20 Å². The van der Waals surface area contributed by atoms with Crippen LogP contribution in [0.5, 0.6) is 0 Å². The molecule has 0 radical (unpaired) electrons. The largest absolute Gasteiger partial charge is 0.375 e. The standard InChI is InChI=1S/C13H18N4O3/c1-20-10-12(18)16-5-2-6-17(8-7-16)13(19)11-9-14-3-4-15-11/h3-4,9H,2,5-8,10H2,1H3. The Morgan fingerprint density at radius 3 is 2.65 bits per heavy atom. The molecule has 108 valence electrons. The van der Waals surface area contributed by atoms with Crippen LogP contribution in [0.15, 0.2) is 18.6 Å². The van der Waals surface area contributed by atoms with Gasteiger partial charge in [-0.2, -0.15) is 0 Å². The summed E-state index contributed by atoms with van der Waals surface area (Å²) in [6, 6.07) is 0. The van der Waals surface area contributed by atoms with Gasteiger partial charge in [-0.1, -0.05) is 0 Å². The number of carbonyl (C=O) groups excluding carboxylic acids is 2. The summed E-state index contributed by atoms with van der Waals surface area (Å²) in [4.78, 5) is 35.4. The second kappa shape index (κ2) is 6.95. The highest BCUT2D eigenvalue weighted by atomic mass is 16.5. The van der Waals surface area contributed by atoms with Gasteiger partial charge in [-0.15, -0.1) is 0 Å². The first-order valence-corrected chi connectivity index (χ1v) is 6.54. The summed E-state index contributed by atoms with van der Waals surface area (Å²) in [5.41, 5.74) is 0.337. The minimum absolute atomic E-state index is 0.0405. The van der Waals surface area contributed by atoms with Crippen molar-refractivity contribution < 1.29 is 14.3 Å². The van der Waals surface area contributed by atoms with Crippen LogP contribution in [0, 0.1) is 0 Å². The van der Waals surface area contributed by atoms with Gasteiger partial charge in [0.2, 0.25) is 5.91 Å². The van der Waals surface area contributed by atoms with Crippen LogP contribution in [0.2, 0.25) is 0 Å². The molecular weight excluding hydrogens is 260 g/mol. The van der Waals surface area contributed by atoms with E-state index in [1.54, 1.807) is 9.80 Å². The third kappa shape index (κ3) is 3.51. The quantitative estimate of drug-likeness (QED) is 0.765. The van der Waals surface area contributed by atoms with Gasteiger partial charge >= 0.3 is 0 Å². The van der Waals surface area contributed by atoms with Crippen molar-refractivity contribution in [2.45, 2.75) is 6.42 Å². The van der Waals surface area contributed by atoms with Crippen LogP contribution in [-0.2, 0) is 9.53 Å². The first kappa shape index (κ1) is 14.4. The van der Waals surface area contributed by atoms with E-state index >= 15 is 0 Å². The molecule has 0 saturated carbocycles. The van der Waals surface area contributed by atoms with E-state index in [0.29, 0.717) is 31.9 Å². The van der Waals surface area contributed by atoms with E-state index in [0.717, 1.165) is 6.42 Å². The summed E-state index contributed by atoms with van der Waals surface area (Å²) in [7, 11) is 1.50. The van der Waals surface area contributed by atoms with Crippen LogP contribution in [-0.4, -0.2) is 71.5 Å². The molecule has 20 heavy (non-hydrogen) atoms. The average molecular weight is 278 g/mol. The predicted molar refractivity (Wildman–Crippen MR) is 71.0 cm³/mol. The lowest BCUT2D eigenvalue weighted by Crippen LogP contribution is -2.38. The Hall–Kier alpha value is -2.02. The smallest absolute Gasteiger partial charge is 0.274 e. The van der Waals surface area contributed by atoms with Crippen LogP contribution in [0.1, 0.15) is 16.9 Å². The van der Waals surface area contributed by atoms with E-state index in [9.17, 15) is 9.59 Å². The summed E-state index contributed by atoms with van der Waals surface area (Å²) in [6.07, 6.45) is 5.24. The number of methoxy groups -OCH3 is 1. The molecule has 0 aliphatic carbocycles. The lowest BCUT2D eigenvalue weighted by molar-refractivity contribution is -0.135. The van der Waals surface area contributed by atoms with Gasteiger partial charge < -0.3 is 14.5 Å². The second-order valence-electron chi connectivity index (χ2n) is 4.55. The first-order chi connectivity index (χ1) is 9.72. The number of carbonyl (C=O) groups is 2. The molecular formula is C13H18N4O3. The molecule has 1 fully saturated rings. The molecule has 7 nitrogen and oxygen atoms in total. The number of amides is 2. The van der Waals surface area contributed by atoms with Crippen LogP contribution in [0.25, 0.3) is 0 Å². The van der Waals surface area contributed by atoms with E-state index in [2.05, 4.69) is 9.97 Å².